The number of amides is 3. The van der Waals surface area contributed by atoms with Gasteiger partial charge in [-0.3, -0.25) is 14.4 Å². The molecule has 47 heavy (non-hydrogen) atoms. The number of hydrogen-bond donors (Lipinski definition) is 2. The molecule has 0 bridgehead atoms. The van der Waals surface area contributed by atoms with Crippen molar-refractivity contribution in [3.63, 3.8) is 0 Å². The fourth-order valence-corrected chi connectivity index (χ4v) is 11.2. The molecule has 4 atom stereocenters. The number of benzene rings is 2. The summed E-state index contributed by atoms with van der Waals surface area (Å²) in [7, 11) is -2.84. The van der Waals surface area contributed by atoms with Crippen molar-refractivity contribution < 1.29 is 29.0 Å². The fraction of sp³-hybridized carbons (Fsp3) is 0.595. The summed E-state index contributed by atoms with van der Waals surface area (Å²) in [5.41, 5.74) is 2.44. The van der Waals surface area contributed by atoms with Gasteiger partial charge in [0, 0.05) is 60.9 Å². The summed E-state index contributed by atoms with van der Waals surface area (Å²) < 4.78 is 6.83. The average molecular weight is 662 g/mol. The number of carbonyl (C=O) groups excluding carboxylic acids is 3. The first-order valence-electron chi connectivity index (χ1n) is 17.7. The van der Waals surface area contributed by atoms with Gasteiger partial charge in [0.1, 0.15) is 0 Å². The van der Waals surface area contributed by atoms with E-state index in [-0.39, 0.29) is 35.8 Å². The van der Waals surface area contributed by atoms with Crippen molar-refractivity contribution >= 4 is 43.1 Å². The van der Waals surface area contributed by atoms with Gasteiger partial charge in [0.05, 0.1) is 18.3 Å². The van der Waals surface area contributed by atoms with Crippen LogP contribution in [0, 0.1) is 5.92 Å². The Morgan fingerprint density at radius 1 is 0.830 bits per heavy atom. The molecule has 9 nitrogen and oxygen atoms in total. The van der Waals surface area contributed by atoms with Crippen molar-refractivity contribution in [3.8, 4) is 0 Å². The second-order valence-corrected chi connectivity index (χ2v) is 18.5. The van der Waals surface area contributed by atoms with E-state index >= 15 is 0 Å². The Morgan fingerprint density at radius 2 is 1.40 bits per heavy atom. The molecule has 1 spiro atoms. The standard InChI is InChI=1S/C37H51N3O6Si/c1-26-35(47(2,3)45)32(20-23-41)46-37(26)30-24-29(39-22-11-7-5-9-13-34(39)43)18-19-31(30)40(36(37)44)25-27-14-16-28(17-15-27)38-21-10-6-4-8-12-33(38)42/h14-19,24,26,32,35,41,45H,4-13,20-23,25H2,1-3H3/t26-,32+,35-,37+/m1/s1. The van der Waals surface area contributed by atoms with Gasteiger partial charge in [-0.25, -0.2) is 0 Å². The van der Waals surface area contributed by atoms with E-state index < -0.39 is 20.0 Å². The van der Waals surface area contributed by atoms with Gasteiger partial charge in [-0.05, 0) is 81.1 Å². The number of fused-ring (bicyclic) bond motifs is 2. The SMILES string of the molecule is C[C@@H]1[C@@H]([Si](C)(C)O)[C@H](CCO)O[C@@]12C(=O)N(Cc1ccc(N3CCCCCCC3=O)cc1)c1ccc(N3CCCCCCC3=O)cc12. The molecule has 4 aliphatic rings. The second kappa shape index (κ2) is 13.8. The molecular formula is C37H51N3O6Si. The number of rotatable bonds is 7. The quantitative estimate of drug-likeness (QED) is 0.352. The van der Waals surface area contributed by atoms with Crippen LogP contribution < -0.4 is 14.7 Å². The summed E-state index contributed by atoms with van der Waals surface area (Å²) in [5, 5.41) is 9.98. The minimum absolute atomic E-state index is 0.0961. The summed E-state index contributed by atoms with van der Waals surface area (Å²) in [6, 6.07) is 13.8. The van der Waals surface area contributed by atoms with E-state index in [1.165, 1.54) is 0 Å². The Kier molecular flexibility index (Phi) is 9.95. The predicted octanol–water partition coefficient (Wildman–Crippen LogP) is 6.01. The maximum atomic E-state index is 14.8. The monoisotopic (exact) mass is 661 g/mol. The fourth-order valence-electron chi connectivity index (χ4n) is 8.62. The number of aliphatic hydroxyl groups excluding tert-OH is 1. The highest BCUT2D eigenvalue weighted by Crippen LogP contribution is 2.60. The maximum absolute atomic E-state index is 14.8. The summed E-state index contributed by atoms with van der Waals surface area (Å²) in [6.07, 6.45) is 9.02. The molecule has 3 amide bonds. The van der Waals surface area contributed by atoms with Crippen LogP contribution in [0.2, 0.25) is 18.6 Å². The predicted molar refractivity (Wildman–Crippen MR) is 186 cm³/mol. The molecule has 0 aromatic heterocycles. The highest BCUT2D eigenvalue weighted by Gasteiger charge is 2.66. The van der Waals surface area contributed by atoms with E-state index in [1.807, 2.05) is 72.3 Å². The van der Waals surface area contributed by atoms with Crippen LogP contribution in [-0.2, 0) is 31.3 Å². The molecule has 0 saturated carbocycles. The Morgan fingerprint density at radius 3 is 2.00 bits per heavy atom. The number of anilines is 3. The summed E-state index contributed by atoms with van der Waals surface area (Å²) in [6.45, 7) is 7.33. The van der Waals surface area contributed by atoms with Crippen LogP contribution in [0.25, 0.3) is 0 Å². The lowest BCUT2D eigenvalue weighted by Crippen LogP contribution is -2.46. The number of nitrogens with zero attached hydrogens (tertiary/aromatic N) is 3. The van der Waals surface area contributed by atoms with Gasteiger partial charge in [0.2, 0.25) is 11.8 Å². The van der Waals surface area contributed by atoms with E-state index in [2.05, 4.69) is 0 Å². The molecule has 3 fully saturated rings. The minimum atomic E-state index is -2.84. The van der Waals surface area contributed by atoms with Crippen molar-refractivity contribution in [2.24, 2.45) is 5.92 Å². The highest BCUT2D eigenvalue weighted by molar-refractivity contribution is 6.71. The molecule has 0 unspecified atom stereocenters. The molecule has 4 heterocycles. The first kappa shape index (κ1) is 33.8. The molecule has 2 aromatic rings. The van der Waals surface area contributed by atoms with Crippen LogP contribution in [0.3, 0.4) is 0 Å². The Balaban J connectivity index is 1.37. The highest BCUT2D eigenvalue weighted by atomic mass is 28.4. The lowest BCUT2D eigenvalue weighted by atomic mass is 9.82. The van der Waals surface area contributed by atoms with Gasteiger partial charge in [-0.2, -0.15) is 0 Å². The van der Waals surface area contributed by atoms with Crippen molar-refractivity contribution in [3.05, 3.63) is 53.6 Å². The smallest absolute Gasteiger partial charge is 0.264 e. The zero-order valence-corrected chi connectivity index (χ0v) is 29.2. The molecule has 0 radical (unpaired) electrons. The van der Waals surface area contributed by atoms with Crippen LogP contribution in [0.5, 0.6) is 0 Å². The molecule has 2 aromatic carbocycles. The molecule has 3 saturated heterocycles. The first-order valence-corrected chi connectivity index (χ1v) is 20.8. The van der Waals surface area contributed by atoms with Crippen molar-refractivity contribution in [2.75, 3.05) is 34.4 Å². The van der Waals surface area contributed by atoms with Crippen molar-refractivity contribution in [2.45, 2.75) is 114 Å². The zero-order chi connectivity index (χ0) is 33.3. The molecule has 2 N–H and O–H groups in total. The number of aliphatic hydroxyl groups is 1. The molecule has 254 valence electrons. The summed E-state index contributed by atoms with van der Waals surface area (Å²) in [5.74, 6) is -0.269. The van der Waals surface area contributed by atoms with Crippen LogP contribution in [0.4, 0.5) is 17.1 Å². The normalized spacial score (nSPS) is 27.6. The Hall–Kier alpha value is -3.05. The third-order valence-corrected chi connectivity index (χ3v) is 13.4. The van der Waals surface area contributed by atoms with E-state index in [0.29, 0.717) is 32.4 Å². The van der Waals surface area contributed by atoms with Gasteiger partial charge in [-0.15, -0.1) is 0 Å². The lowest BCUT2D eigenvalue weighted by Gasteiger charge is -2.33. The topological polar surface area (TPSA) is 111 Å². The van der Waals surface area contributed by atoms with Gasteiger partial charge in [0.15, 0.2) is 13.9 Å². The minimum Gasteiger partial charge on any atom is -0.432 e. The van der Waals surface area contributed by atoms with Gasteiger partial charge in [0.25, 0.3) is 5.91 Å². The van der Waals surface area contributed by atoms with Crippen LogP contribution in [0.1, 0.15) is 88.7 Å². The molecular weight excluding hydrogens is 611 g/mol. The second-order valence-electron chi connectivity index (χ2n) is 14.6. The third kappa shape index (κ3) is 6.42. The van der Waals surface area contributed by atoms with E-state index in [1.54, 1.807) is 4.90 Å². The van der Waals surface area contributed by atoms with E-state index in [9.17, 15) is 24.3 Å². The zero-order valence-electron chi connectivity index (χ0n) is 28.2. The van der Waals surface area contributed by atoms with Crippen LogP contribution >= 0.6 is 0 Å². The summed E-state index contributed by atoms with van der Waals surface area (Å²) >= 11 is 0. The maximum Gasteiger partial charge on any atom is 0.264 e. The van der Waals surface area contributed by atoms with E-state index in [4.69, 9.17) is 4.74 Å². The van der Waals surface area contributed by atoms with Crippen molar-refractivity contribution in [1.82, 2.24) is 0 Å². The number of carbonyl (C=O) groups is 3. The molecule has 6 rings (SSSR count). The molecule has 10 heteroatoms. The first-order chi connectivity index (χ1) is 22.6. The Labute approximate surface area is 280 Å². The van der Waals surface area contributed by atoms with Crippen LogP contribution in [0.15, 0.2) is 42.5 Å². The van der Waals surface area contributed by atoms with Gasteiger partial charge < -0.3 is 29.3 Å². The lowest BCUT2D eigenvalue weighted by molar-refractivity contribution is -0.146. The molecule has 4 aliphatic heterocycles. The molecule has 0 aliphatic carbocycles. The van der Waals surface area contributed by atoms with Gasteiger partial charge in [-0.1, -0.05) is 44.7 Å². The third-order valence-electron chi connectivity index (χ3n) is 10.9. The number of hydrogen-bond acceptors (Lipinski definition) is 6. The van der Waals surface area contributed by atoms with Crippen LogP contribution in [-0.4, -0.2) is 61.7 Å². The van der Waals surface area contributed by atoms with Crippen molar-refractivity contribution in [1.29, 1.82) is 0 Å². The summed E-state index contributed by atoms with van der Waals surface area (Å²) in [4.78, 5) is 58.0. The Bertz CT molecular complexity index is 1480. The number of ether oxygens (including phenoxy) is 1. The largest absolute Gasteiger partial charge is 0.432 e. The van der Waals surface area contributed by atoms with E-state index in [0.717, 1.165) is 86.1 Å². The average Bonchev–Trinajstić information content (AvgIpc) is 3.44. The van der Waals surface area contributed by atoms with Gasteiger partial charge >= 0.3 is 0 Å².